The van der Waals surface area contributed by atoms with Crippen LogP contribution in [0.25, 0.3) is 0 Å². The van der Waals surface area contributed by atoms with Gasteiger partial charge in [-0.1, -0.05) is 18.2 Å². The average Bonchev–Trinajstić information content (AvgIpc) is 3.03. The van der Waals surface area contributed by atoms with Crippen LogP contribution >= 0.6 is 0 Å². The number of ether oxygens (including phenoxy) is 2. The second-order valence-electron chi connectivity index (χ2n) is 5.51. The Kier molecular flexibility index (Phi) is 5.26. The van der Waals surface area contributed by atoms with Crippen molar-refractivity contribution in [1.82, 2.24) is 14.9 Å². The van der Waals surface area contributed by atoms with E-state index in [0.29, 0.717) is 13.2 Å². The Bertz CT molecular complexity index is 627. The molecule has 6 heteroatoms. The van der Waals surface area contributed by atoms with Gasteiger partial charge in [0.1, 0.15) is 24.8 Å². The highest BCUT2D eigenvalue weighted by Gasteiger charge is 2.20. The molecule has 3 rings (SSSR count). The number of benzene rings is 1. The molecule has 23 heavy (non-hydrogen) atoms. The molecule has 1 amide bonds. The van der Waals surface area contributed by atoms with Crippen LogP contribution in [-0.4, -0.2) is 41.3 Å². The third kappa shape index (κ3) is 4.56. The molecule has 2 heterocycles. The molecule has 0 aliphatic carbocycles. The van der Waals surface area contributed by atoms with E-state index in [4.69, 9.17) is 9.47 Å². The normalized spacial score (nSPS) is 16.6. The van der Waals surface area contributed by atoms with Crippen LogP contribution in [-0.2, 0) is 22.5 Å². The van der Waals surface area contributed by atoms with Crippen molar-refractivity contribution in [3.63, 3.8) is 0 Å². The molecule has 0 bridgehead atoms. The van der Waals surface area contributed by atoms with Gasteiger partial charge in [0, 0.05) is 31.4 Å². The molecule has 0 saturated heterocycles. The van der Waals surface area contributed by atoms with Crippen LogP contribution in [0.1, 0.15) is 12.2 Å². The summed E-state index contributed by atoms with van der Waals surface area (Å²) in [7, 11) is 0. The topological polar surface area (TPSA) is 65.4 Å². The van der Waals surface area contributed by atoms with Gasteiger partial charge in [0.15, 0.2) is 0 Å². The number of hydrogen-bond donors (Lipinski definition) is 1. The molecule has 0 spiro atoms. The Morgan fingerprint density at radius 3 is 3.04 bits per heavy atom. The molecule has 1 aliphatic rings. The number of aryl methyl sites for hydroxylation is 1. The van der Waals surface area contributed by atoms with E-state index in [0.717, 1.165) is 31.0 Å². The fourth-order valence-electron chi connectivity index (χ4n) is 2.65. The van der Waals surface area contributed by atoms with Crippen molar-refractivity contribution < 1.29 is 14.3 Å². The van der Waals surface area contributed by atoms with Crippen LogP contribution < -0.4 is 10.1 Å². The molecule has 6 nitrogen and oxygen atoms in total. The van der Waals surface area contributed by atoms with Gasteiger partial charge in [-0.25, -0.2) is 4.98 Å². The largest absolute Gasteiger partial charge is 0.491 e. The lowest BCUT2D eigenvalue weighted by atomic mass is 10.1. The van der Waals surface area contributed by atoms with Crippen LogP contribution in [0, 0.1) is 0 Å². The second-order valence-corrected chi connectivity index (χ2v) is 5.51. The molecule has 0 unspecified atom stereocenters. The van der Waals surface area contributed by atoms with E-state index < -0.39 is 0 Å². The minimum absolute atomic E-state index is 0.0609. The summed E-state index contributed by atoms with van der Waals surface area (Å²) >= 11 is 0. The fraction of sp³-hybridized carbons (Fsp3) is 0.412. The number of imidazole rings is 1. The molecule has 1 aromatic heterocycles. The van der Waals surface area contributed by atoms with E-state index in [1.54, 1.807) is 6.20 Å². The summed E-state index contributed by atoms with van der Waals surface area (Å²) in [5, 5.41) is 3.00. The molecular weight excluding hydrogens is 294 g/mol. The Hall–Kier alpha value is -2.34. The number of hydrogen-bond acceptors (Lipinski definition) is 4. The minimum atomic E-state index is -0.0849. The van der Waals surface area contributed by atoms with Crippen LogP contribution in [0.3, 0.4) is 0 Å². The zero-order chi connectivity index (χ0) is 15.9. The number of nitrogens with zero attached hydrogens (tertiary/aromatic N) is 2. The van der Waals surface area contributed by atoms with Gasteiger partial charge in [-0.15, -0.1) is 0 Å². The Balaban J connectivity index is 1.30. The number of carbonyl (C=O) groups excluding carboxylic acids is 1. The van der Waals surface area contributed by atoms with Crippen LogP contribution in [0.5, 0.6) is 5.75 Å². The van der Waals surface area contributed by atoms with Crippen molar-refractivity contribution in [1.29, 1.82) is 0 Å². The van der Waals surface area contributed by atoms with Gasteiger partial charge < -0.3 is 19.4 Å². The molecule has 1 atom stereocenters. The van der Waals surface area contributed by atoms with Gasteiger partial charge in [-0.2, -0.15) is 0 Å². The highest BCUT2D eigenvalue weighted by atomic mass is 16.5. The van der Waals surface area contributed by atoms with Crippen molar-refractivity contribution in [2.45, 2.75) is 25.4 Å². The number of rotatable bonds is 7. The average molecular weight is 315 g/mol. The summed E-state index contributed by atoms with van der Waals surface area (Å²) in [4.78, 5) is 16.2. The maximum Gasteiger partial charge on any atom is 0.246 e. The summed E-state index contributed by atoms with van der Waals surface area (Å²) in [6.07, 6.45) is 5.56. The van der Waals surface area contributed by atoms with E-state index in [2.05, 4.69) is 14.9 Å². The second kappa shape index (κ2) is 7.78. The van der Waals surface area contributed by atoms with Gasteiger partial charge in [0.25, 0.3) is 0 Å². The van der Waals surface area contributed by atoms with E-state index in [1.807, 2.05) is 36.5 Å². The molecule has 2 aromatic rings. The van der Waals surface area contributed by atoms with Crippen LogP contribution in [0.2, 0.25) is 0 Å². The molecule has 1 N–H and O–H groups in total. The molecule has 0 saturated carbocycles. The lowest BCUT2D eigenvalue weighted by molar-refractivity contribution is -0.126. The summed E-state index contributed by atoms with van der Waals surface area (Å²) in [6.45, 7) is 1.65. The Morgan fingerprint density at radius 1 is 1.30 bits per heavy atom. The van der Waals surface area contributed by atoms with Crippen molar-refractivity contribution in [2.75, 3.05) is 19.8 Å². The first-order valence-corrected chi connectivity index (χ1v) is 7.86. The molecule has 122 valence electrons. The number of fused-ring (bicyclic) bond motifs is 1. The third-order valence-corrected chi connectivity index (χ3v) is 3.77. The molecular formula is C17H21N3O3. The smallest absolute Gasteiger partial charge is 0.246 e. The molecule has 1 aromatic carbocycles. The zero-order valence-electron chi connectivity index (χ0n) is 13.0. The summed E-state index contributed by atoms with van der Waals surface area (Å²) in [5.74, 6) is 1.81. The summed E-state index contributed by atoms with van der Waals surface area (Å²) < 4.78 is 12.9. The molecule has 0 fully saturated rings. The lowest BCUT2D eigenvalue weighted by Gasteiger charge is -2.24. The maximum absolute atomic E-state index is 11.9. The number of nitrogens with one attached hydrogen (secondary N) is 1. The van der Waals surface area contributed by atoms with Gasteiger partial charge in [0.05, 0.1) is 6.61 Å². The first kappa shape index (κ1) is 15.6. The van der Waals surface area contributed by atoms with E-state index >= 15 is 0 Å². The van der Waals surface area contributed by atoms with Gasteiger partial charge >= 0.3 is 0 Å². The summed E-state index contributed by atoms with van der Waals surface area (Å²) in [6, 6.07) is 9.69. The Morgan fingerprint density at radius 2 is 2.17 bits per heavy atom. The third-order valence-electron chi connectivity index (χ3n) is 3.77. The van der Waals surface area contributed by atoms with Gasteiger partial charge in [-0.05, 0) is 18.6 Å². The number of amides is 1. The van der Waals surface area contributed by atoms with E-state index in [-0.39, 0.29) is 18.6 Å². The standard InChI is InChI=1S/C17H21N3O3/c21-17(13-22-10-11-23-15-4-2-1-3-5-15)19-14-6-7-16-18-8-9-20(16)12-14/h1-5,8-9,14H,6-7,10-13H2,(H,19,21)/t14-/m0/s1. The predicted molar refractivity (Wildman–Crippen MR) is 85.2 cm³/mol. The summed E-state index contributed by atoms with van der Waals surface area (Å²) in [5.41, 5.74) is 0. The quantitative estimate of drug-likeness (QED) is 0.785. The first-order valence-electron chi connectivity index (χ1n) is 7.86. The van der Waals surface area contributed by atoms with Crippen molar-refractivity contribution in [2.24, 2.45) is 0 Å². The first-order chi connectivity index (χ1) is 11.3. The predicted octanol–water partition coefficient (Wildman–Crippen LogP) is 1.41. The van der Waals surface area contributed by atoms with E-state index in [9.17, 15) is 4.79 Å². The van der Waals surface area contributed by atoms with Gasteiger partial charge in [-0.3, -0.25) is 4.79 Å². The number of aromatic nitrogens is 2. The fourth-order valence-corrected chi connectivity index (χ4v) is 2.65. The molecule has 0 radical (unpaired) electrons. The van der Waals surface area contributed by atoms with E-state index in [1.165, 1.54) is 0 Å². The zero-order valence-corrected chi connectivity index (χ0v) is 13.0. The SMILES string of the molecule is O=C(COCCOc1ccccc1)N[C@H]1CCc2nccn2C1. The highest BCUT2D eigenvalue weighted by molar-refractivity contribution is 5.77. The van der Waals surface area contributed by atoms with Crippen molar-refractivity contribution in [3.8, 4) is 5.75 Å². The minimum Gasteiger partial charge on any atom is -0.491 e. The Labute approximate surface area is 135 Å². The number of para-hydroxylation sites is 1. The highest BCUT2D eigenvalue weighted by Crippen LogP contribution is 2.12. The van der Waals surface area contributed by atoms with Crippen molar-refractivity contribution >= 4 is 5.91 Å². The van der Waals surface area contributed by atoms with Gasteiger partial charge in [0.2, 0.25) is 5.91 Å². The number of carbonyl (C=O) groups is 1. The van der Waals surface area contributed by atoms with Crippen molar-refractivity contribution in [3.05, 3.63) is 48.5 Å². The maximum atomic E-state index is 11.9. The van der Waals surface area contributed by atoms with Crippen LogP contribution in [0.4, 0.5) is 0 Å². The lowest BCUT2D eigenvalue weighted by Crippen LogP contribution is -2.42. The monoisotopic (exact) mass is 315 g/mol. The van der Waals surface area contributed by atoms with Crippen LogP contribution in [0.15, 0.2) is 42.7 Å². The molecule has 1 aliphatic heterocycles.